The first kappa shape index (κ1) is 14.7. The maximum absolute atomic E-state index is 12.8. The molecule has 0 spiro atoms. The lowest BCUT2D eigenvalue weighted by molar-refractivity contribution is -0.143. The van der Waals surface area contributed by atoms with Crippen LogP contribution < -0.4 is 0 Å². The van der Waals surface area contributed by atoms with Crippen LogP contribution in [0.3, 0.4) is 0 Å². The molecule has 1 amide bonds. The van der Waals surface area contributed by atoms with Crippen LogP contribution in [0.5, 0.6) is 0 Å². The fourth-order valence-electron chi connectivity index (χ4n) is 1.91. The fraction of sp³-hybridized carbons (Fsp3) is 0.818. The van der Waals surface area contributed by atoms with Gasteiger partial charge in [-0.25, -0.2) is 18.4 Å². The van der Waals surface area contributed by atoms with Crippen LogP contribution in [0, 0.1) is 0 Å². The molecule has 0 radical (unpaired) electrons. The molecule has 2 atom stereocenters. The predicted molar refractivity (Wildman–Crippen MR) is 58.5 cm³/mol. The Morgan fingerprint density at radius 2 is 1.89 bits per heavy atom. The van der Waals surface area contributed by atoms with Crippen LogP contribution in [-0.4, -0.2) is 46.2 Å². The Labute approximate surface area is 104 Å². The summed E-state index contributed by atoms with van der Waals surface area (Å²) in [6, 6.07) is -2.63. The number of hydrogen-bond donors (Lipinski definition) is 1. The van der Waals surface area contributed by atoms with Gasteiger partial charge in [-0.3, -0.25) is 4.90 Å². The van der Waals surface area contributed by atoms with Crippen LogP contribution in [0.15, 0.2) is 0 Å². The van der Waals surface area contributed by atoms with Crippen molar-refractivity contribution in [2.45, 2.75) is 57.7 Å². The zero-order chi connectivity index (χ0) is 14.1. The molecule has 2 unspecified atom stereocenters. The van der Waals surface area contributed by atoms with Crippen molar-refractivity contribution in [2.75, 3.05) is 0 Å². The Kier molecular flexibility index (Phi) is 4.13. The van der Waals surface area contributed by atoms with Crippen molar-refractivity contribution in [1.29, 1.82) is 0 Å². The third-order valence-corrected chi connectivity index (χ3v) is 2.61. The summed E-state index contributed by atoms with van der Waals surface area (Å²) in [7, 11) is 0. The summed E-state index contributed by atoms with van der Waals surface area (Å²) in [4.78, 5) is 23.4. The molecule has 1 saturated heterocycles. The quantitative estimate of drug-likeness (QED) is 0.830. The topological polar surface area (TPSA) is 66.8 Å². The van der Waals surface area contributed by atoms with Gasteiger partial charge in [-0.2, -0.15) is 0 Å². The van der Waals surface area contributed by atoms with Gasteiger partial charge in [0.25, 0.3) is 6.43 Å². The Bertz CT molecular complexity index is 340. The van der Waals surface area contributed by atoms with E-state index in [-0.39, 0.29) is 12.8 Å². The number of ether oxygens (including phenoxy) is 1. The molecule has 1 N–H and O–H groups in total. The van der Waals surface area contributed by atoms with Gasteiger partial charge in [0.05, 0.1) is 6.04 Å². The van der Waals surface area contributed by atoms with Gasteiger partial charge < -0.3 is 9.84 Å². The largest absolute Gasteiger partial charge is 0.480 e. The number of rotatable bonds is 2. The van der Waals surface area contributed by atoms with Crippen molar-refractivity contribution in [3.63, 3.8) is 0 Å². The number of aliphatic carboxylic acids is 1. The molecular formula is C11H17F2NO4. The first-order valence-electron chi connectivity index (χ1n) is 5.66. The van der Waals surface area contributed by atoms with Crippen molar-refractivity contribution in [2.24, 2.45) is 0 Å². The average Bonchev–Trinajstić information content (AvgIpc) is 2.58. The van der Waals surface area contributed by atoms with Crippen molar-refractivity contribution < 1.29 is 28.2 Å². The van der Waals surface area contributed by atoms with Gasteiger partial charge in [-0.1, -0.05) is 0 Å². The highest BCUT2D eigenvalue weighted by atomic mass is 19.3. The van der Waals surface area contributed by atoms with Crippen LogP contribution in [0.2, 0.25) is 0 Å². The highest BCUT2D eigenvalue weighted by molar-refractivity contribution is 5.81. The molecule has 1 rings (SSSR count). The SMILES string of the molecule is CC(C)(C)OC(=O)N1C(C(=O)O)CCC1C(F)F. The van der Waals surface area contributed by atoms with Crippen LogP contribution in [0.4, 0.5) is 13.6 Å². The number of carbonyl (C=O) groups is 2. The van der Waals surface area contributed by atoms with E-state index in [2.05, 4.69) is 0 Å². The van der Waals surface area contributed by atoms with Gasteiger partial charge in [0, 0.05) is 0 Å². The summed E-state index contributed by atoms with van der Waals surface area (Å²) in [5.74, 6) is -1.29. The number of carbonyl (C=O) groups excluding carboxylic acids is 1. The van der Waals surface area contributed by atoms with Crippen molar-refractivity contribution in [1.82, 2.24) is 4.90 Å². The van der Waals surface area contributed by atoms with Crippen LogP contribution in [-0.2, 0) is 9.53 Å². The first-order chi connectivity index (χ1) is 8.13. The number of carboxylic acid groups (broad SMARTS) is 1. The number of alkyl halides is 2. The second-order valence-corrected chi connectivity index (χ2v) is 5.22. The molecule has 1 fully saturated rings. The molecule has 0 aromatic heterocycles. The number of halogens is 2. The first-order valence-corrected chi connectivity index (χ1v) is 5.66. The molecule has 0 aliphatic carbocycles. The molecule has 0 aromatic rings. The minimum atomic E-state index is -2.78. The molecule has 1 heterocycles. The molecule has 0 bridgehead atoms. The lowest BCUT2D eigenvalue weighted by atomic mass is 10.2. The minimum Gasteiger partial charge on any atom is -0.480 e. The Hall–Kier alpha value is -1.40. The van der Waals surface area contributed by atoms with E-state index in [1.807, 2.05) is 0 Å². The van der Waals surface area contributed by atoms with Crippen molar-refractivity contribution in [3.8, 4) is 0 Å². The zero-order valence-electron chi connectivity index (χ0n) is 10.5. The van der Waals surface area contributed by atoms with E-state index < -0.39 is 36.2 Å². The minimum absolute atomic E-state index is 0.0174. The van der Waals surface area contributed by atoms with E-state index in [1.165, 1.54) is 0 Å². The van der Waals surface area contributed by atoms with Gasteiger partial charge in [0.2, 0.25) is 0 Å². The summed E-state index contributed by atoms with van der Waals surface area (Å²) in [5, 5.41) is 8.94. The lowest BCUT2D eigenvalue weighted by Gasteiger charge is -2.30. The number of carboxylic acids is 1. The van der Waals surface area contributed by atoms with E-state index in [9.17, 15) is 18.4 Å². The zero-order valence-corrected chi connectivity index (χ0v) is 10.5. The number of likely N-dealkylation sites (tertiary alicyclic amines) is 1. The number of nitrogens with zero attached hydrogens (tertiary/aromatic N) is 1. The smallest absolute Gasteiger partial charge is 0.411 e. The third-order valence-electron chi connectivity index (χ3n) is 2.61. The van der Waals surface area contributed by atoms with Gasteiger partial charge in [-0.05, 0) is 33.6 Å². The van der Waals surface area contributed by atoms with E-state index in [4.69, 9.17) is 9.84 Å². The molecular weight excluding hydrogens is 248 g/mol. The van der Waals surface area contributed by atoms with E-state index in [1.54, 1.807) is 20.8 Å². The molecule has 0 saturated carbocycles. The molecule has 18 heavy (non-hydrogen) atoms. The highest BCUT2D eigenvalue weighted by Gasteiger charge is 2.46. The molecule has 1 aliphatic heterocycles. The second-order valence-electron chi connectivity index (χ2n) is 5.22. The fourth-order valence-corrected chi connectivity index (χ4v) is 1.91. The lowest BCUT2D eigenvalue weighted by Crippen LogP contribution is -2.49. The molecule has 5 nitrogen and oxygen atoms in total. The summed E-state index contributed by atoms with van der Waals surface area (Å²) in [6.07, 6.45) is -3.79. The van der Waals surface area contributed by atoms with E-state index in [0.717, 1.165) is 0 Å². The normalized spacial score (nSPS) is 24.4. The maximum atomic E-state index is 12.8. The molecule has 7 heteroatoms. The summed E-state index contributed by atoms with van der Waals surface area (Å²) in [6.45, 7) is 4.77. The van der Waals surface area contributed by atoms with Crippen molar-refractivity contribution >= 4 is 12.1 Å². The maximum Gasteiger partial charge on any atom is 0.411 e. The summed E-state index contributed by atoms with van der Waals surface area (Å²) >= 11 is 0. The average molecular weight is 265 g/mol. The molecule has 104 valence electrons. The number of amides is 1. The summed E-state index contributed by atoms with van der Waals surface area (Å²) in [5.41, 5.74) is -0.852. The summed E-state index contributed by atoms with van der Waals surface area (Å²) < 4.78 is 30.5. The third kappa shape index (κ3) is 3.30. The predicted octanol–water partition coefficient (Wildman–Crippen LogP) is 2.10. The molecule has 0 aromatic carbocycles. The van der Waals surface area contributed by atoms with Crippen molar-refractivity contribution in [3.05, 3.63) is 0 Å². The van der Waals surface area contributed by atoms with E-state index in [0.29, 0.717) is 4.90 Å². The van der Waals surface area contributed by atoms with Crippen LogP contribution in [0.1, 0.15) is 33.6 Å². The van der Waals surface area contributed by atoms with Crippen LogP contribution in [0.25, 0.3) is 0 Å². The second kappa shape index (κ2) is 5.07. The standard InChI is InChI=1S/C11H17F2NO4/c1-11(2,3)18-10(17)14-6(8(12)13)4-5-7(14)9(15)16/h6-8H,4-5H2,1-3H3,(H,15,16). The number of hydrogen-bond acceptors (Lipinski definition) is 3. The van der Waals surface area contributed by atoms with Gasteiger partial charge in [0.15, 0.2) is 0 Å². The molecule has 1 aliphatic rings. The Morgan fingerprint density at radius 3 is 2.28 bits per heavy atom. The Morgan fingerprint density at radius 1 is 1.33 bits per heavy atom. The highest BCUT2D eigenvalue weighted by Crippen LogP contribution is 2.30. The van der Waals surface area contributed by atoms with E-state index >= 15 is 0 Å². The van der Waals surface area contributed by atoms with Gasteiger partial charge in [0.1, 0.15) is 11.6 Å². The monoisotopic (exact) mass is 265 g/mol. The van der Waals surface area contributed by atoms with Gasteiger partial charge in [-0.15, -0.1) is 0 Å². The van der Waals surface area contributed by atoms with Gasteiger partial charge >= 0.3 is 12.1 Å². The van der Waals surface area contributed by atoms with Crippen LogP contribution >= 0.6 is 0 Å². The Balaban J connectivity index is 2.89.